The molecule has 3 N–H and O–H groups in total. The normalized spacial score (nSPS) is 13.4. The Kier molecular flexibility index (Phi) is 4.43. The summed E-state index contributed by atoms with van der Waals surface area (Å²) in [6.45, 7) is 0. The molecule has 0 fully saturated rings. The Hall–Kier alpha value is -2.21. The number of carbonyl (C=O) groups is 2. The van der Waals surface area contributed by atoms with Crippen molar-refractivity contribution in [2.75, 3.05) is 5.32 Å². The SMILES string of the molecule is NC(=O)c1c(NC(=O)Cc2cccc(F)c2)sc2c1CCCC2. The molecule has 1 aliphatic carbocycles. The zero-order chi connectivity index (χ0) is 16.4. The van der Waals surface area contributed by atoms with Crippen molar-refractivity contribution in [2.45, 2.75) is 32.1 Å². The summed E-state index contributed by atoms with van der Waals surface area (Å²) >= 11 is 1.43. The maximum Gasteiger partial charge on any atom is 0.251 e. The van der Waals surface area contributed by atoms with Crippen molar-refractivity contribution >= 4 is 28.2 Å². The highest BCUT2D eigenvalue weighted by Crippen LogP contribution is 2.37. The van der Waals surface area contributed by atoms with E-state index in [-0.39, 0.29) is 18.1 Å². The number of nitrogens with two attached hydrogens (primary N) is 1. The van der Waals surface area contributed by atoms with E-state index in [0.29, 0.717) is 16.1 Å². The van der Waals surface area contributed by atoms with Crippen molar-refractivity contribution in [1.29, 1.82) is 0 Å². The number of hydrogen-bond donors (Lipinski definition) is 2. The molecule has 0 spiro atoms. The van der Waals surface area contributed by atoms with E-state index in [1.54, 1.807) is 12.1 Å². The molecule has 1 aromatic carbocycles. The lowest BCUT2D eigenvalue weighted by Crippen LogP contribution is -2.19. The van der Waals surface area contributed by atoms with E-state index in [9.17, 15) is 14.0 Å². The number of thiophene rings is 1. The lowest BCUT2D eigenvalue weighted by Gasteiger charge is -2.11. The Morgan fingerprint density at radius 2 is 2.04 bits per heavy atom. The number of fused-ring (bicyclic) bond motifs is 1. The molecule has 120 valence electrons. The number of nitrogens with one attached hydrogen (secondary N) is 1. The van der Waals surface area contributed by atoms with Gasteiger partial charge in [-0.2, -0.15) is 0 Å². The third-order valence-electron chi connectivity index (χ3n) is 3.92. The maximum absolute atomic E-state index is 13.2. The van der Waals surface area contributed by atoms with Crippen LogP contribution in [-0.4, -0.2) is 11.8 Å². The number of amides is 2. The molecule has 23 heavy (non-hydrogen) atoms. The number of benzene rings is 1. The van der Waals surface area contributed by atoms with Crippen LogP contribution >= 0.6 is 11.3 Å². The van der Waals surface area contributed by atoms with Gasteiger partial charge in [0, 0.05) is 4.88 Å². The van der Waals surface area contributed by atoms with Gasteiger partial charge < -0.3 is 11.1 Å². The number of aryl methyl sites for hydroxylation is 1. The Bertz CT molecular complexity index is 770. The number of hydrogen-bond acceptors (Lipinski definition) is 3. The Morgan fingerprint density at radius 3 is 2.78 bits per heavy atom. The number of primary amides is 1. The van der Waals surface area contributed by atoms with Crippen LogP contribution in [0.5, 0.6) is 0 Å². The standard InChI is InChI=1S/C17H17FN2O2S/c18-11-5-3-4-10(8-11)9-14(21)20-17-15(16(19)22)12-6-1-2-7-13(12)23-17/h3-5,8H,1-2,6-7,9H2,(H2,19,22)(H,20,21). The quantitative estimate of drug-likeness (QED) is 0.903. The van der Waals surface area contributed by atoms with Crippen LogP contribution in [0.1, 0.15) is 39.2 Å². The van der Waals surface area contributed by atoms with Crippen molar-refractivity contribution in [1.82, 2.24) is 0 Å². The third-order valence-corrected chi connectivity index (χ3v) is 5.13. The Labute approximate surface area is 137 Å². The molecule has 2 amide bonds. The highest BCUT2D eigenvalue weighted by Gasteiger charge is 2.24. The molecule has 0 bridgehead atoms. The summed E-state index contributed by atoms with van der Waals surface area (Å²) in [6, 6.07) is 5.92. The van der Waals surface area contributed by atoms with Gasteiger partial charge in [0.15, 0.2) is 0 Å². The maximum atomic E-state index is 13.2. The molecular weight excluding hydrogens is 315 g/mol. The van der Waals surface area contributed by atoms with Crippen LogP contribution in [0.3, 0.4) is 0 Å². The number of anilines is 1. The van der Waals surface area contributed by atoms with Crippen LogP contribution in [0.15, 0.2) is 24.3 Å². The lowest BCUT2D eigenvalue weighted by molar-refractivity contribution is -0.115. The van der Waals surface area contributed by atoms with Crippen LogP contribution in [0.2, 0.25) is 0 Å². The molecule has 0 aliphatic heterocycles. The van der Waals surface area contributed by atoms with E-state index in [1.165, 1.54) is 23.5 Å². The topological polar surface area (TPSA) is 72.2 Å². The van der Waals surface area contributed by atoms with Crippen LogP contribution in [0, 0.1) is 5.82 Å². The first-order valence-corrected chi connectivity index (χ1v) is 8.35. The molecule has 4 nitrogen and oxygen atoms in total. The zero-order valence-corrected chi connectivity index (χ0v) is 13.3. The minimum atomic E-state index is -0.509. The van der Waals surface area contributed by atoms with Crippen LogP contribution in [-0.2, 0) is 24.1 Å². The Balaban J connectivity index is 1.81. The molecule has 0 saturated carbocycles. The van der Waals surface area contributed by atoms with E-state index in [2.05, 4.69) is 5.32 Å². The predicted octanol–water partition coefficient (Wildman–Crippen LogP) is 3.05. The van der Waals surface area contributed by atoms with Crippen LogP contribution in [0.25, 0.3) is 0 Å². The molecule has 0 unspecified atom stereocenters. The largest absolute Gasteiger partial charge is 0.365 e. The van der Waals surface area contributed by atoms with Crippen molar-refractivity contribution < 1.29 is 14.0 Å². The van der Waals surface area contributed by atoms with E-state index < -0.39 is 5.91 Å². The summed E-state index contributed by atoms with van der Waals surface area (Å²) in [5, 5.41) is 3.29. The molecule has 3 rings (SSSR count). The van der Waals surface area contributed by atoms with Gasteiger partial charge in [0.25, 0.3) is 5.91 Å². The summed E-state index contributed by atoms with van der Waals surface area (Å²) < 4.78 is 13.2. The van der Waals surface area contributed by atoms with Gasteiger partial charge in [-0.3, -0.25) is 9.59 Å². The summed E-state index contributed by atoms with van der Waals surface area (Å²) in [6.07, 6.45) is 3.91. The average molecular weight is 332 g/mol. The van der Waals surface area contributed by atoms with Crippen LogP contribution in [0.4, 0.5) is 9.39 Å². The fourth-order valence-corrected chi connectivity index (χ4v) is 4.23. The van der Waals surface area contributed by atoms with Gasteiger partial charge in [-0.25, -0.2) is 4.39 Å². The number of halogens is 1. The van der Waals surface area contributed by atoms with Gasteiger partial charge in [0.05, 0.1) is 12.0 Å². The Morgan fingerprint density at radius 1 is 1.26 bits per heavy atom. The highest BCUT2D eigenvalue weighted by molar-refractivity contribution is 7.17. The number of rotatable bonds is 4. The predicted molar refractivity (Wildman–Crippen MR) is 88.2 cm³/mol. The van der Waals surface area contributed by atoms with E-state index in [4.69, 9.17) is 5.73 Å². The highest BCUT2D eigenvalue weighted by atomic mass is 32.1. The van der Waals surface area contributed by atoms with Crippen LogP contribution < -0.4 is 11.1 Å². The van der Waals surface area contributed by atoms with Gasteiger partial charge in [-0.15, -0.1) is 11.3 Å². The second kappa shape index (κ2) is 6.50. The first-order valence-electron chi connectivity index (χ1n) is 7.53. The average Bonchev–Trinajstić information content (AvgIpc) is 2.84. The van der Waals surface area contributed by atoms with Gasteiger partial charge in [-0.05, 0) is 48.9 Å². The van der Waals surface area contributed by atoms with Gasteiger partial charge >= 0.3 is 0 Å². The van der Waals surface area contributed by atoms with Gasteiger partial charge in [-0.1, -0.05) is 12.1 Å². The molecule has 0 radical (unpaired) electrons. The smallest absolute Gasteiger partial charge is 0.251 e. The molecule has 0 saturated heterocycles. The molecule has 1 aromatic heterocycles. The summed E-state index contributed by atoms with van der Waals surface area (Å²) in [7, 11) is 0. The molecule has 2 aromatic rings. The van der Waals surface area contributed by atoms with E-state index in [0.717, 1.165) is 36.1 Å². The minimum absolute atomic E-state index is 0.0541. The second-order valence-corrected chi connectivity index (χ2v) is 6.74. The third kappa shape index (κ3) is 3.42. The fraction of sp³-hybridized carbons (Fsp3) is 0.294. The molecular formula is C17H17FN2O2S. The molecule has 1 aliphatic rings. The molecule has 1 heterocycles. The van der Waals surface area contributed by atoms with E-state index >= 15 is 0 Å². The fourth-order valence-electron chi connectivity index (χ4n) is 2.92. The van der Waals surface area contributed by atoms with E-state index in [1.807, 2.05) is 0 Å². The van der Waals surface area contributed by atoms with Crippen molar-refractivity contribution in [3.63, 3.8) is 0 Å². The molecule has 0 atom stereocenters. The van der Waals surface area contributed by atoms with Crippen molar-refractivity contribution in [3.05, 3.63) is 51.7 Å². The van der Waals surface area contributed by atoms with Crippen molar-refractivity contribution in [2.24, 2.45) is 5.73 Å². The summed E-state index contributed by atoms with van der Waals surface area (Å²) in [5.74, 6) is -1.16. The monoisotopic (exact) mass is 332 g/mol. The number of carbonyl (C=O) groups excluding carboxylic acids is 2. The first kappa shape index (κ1) is 15.7. The first-order chi connectivity index (χ1) is 11.0. The van der Waals surface area contributed by atoms with Crippen molar-refractivity contribution in [3.8, 4) is 0 Å². The van der Waals surface area contributed by atoms with Gasteiger partial charge in [0.2, 0.25) is 5.91 Å². The second-order valence-electron chi connectivity index (χ2n) is 5.63. The van der Waals surface area contributed by atoms with Gasteiger partial charge in [0.1, 0.15) is 10.8 Å². The minimum Gasteiger partial charge on any atom is -0.365 e. The summed E-state index contributed by atoms with van der Waals surface area (Å²) in [4.78, 5) is 25.1. The lowest BCUT2D eigenvalue weighted by atomic mass is 9.95. The molecule has 6 heteroatoms. The summed E-state index contributed by atoms with van der Waals surface area (Å²) in [5.41, 5.74) is 7.51. The zero-order valence-electron chi connectivity index (χ0n) is 12.5.